The fourth-order valence-corrected chi connectivity index (χ4v) is 3.93. The molecule has 1 aromatic carbocycles. The van der Waals surface area contributed by atoms with Gasteiger partial charge in [-0.05, 0) is 37.7 Å². The van der Waals surface area contributed by atoms with Crippen molar-refractivity contribution in [3.8, 4) is 0 Å². The van der Waals surface area contributed by atoms with Gasteiger partial charge in [-0.1, -0.05) is 42.7 Å². The molecule has 3 rings (SSSR count). The maximum atomic E-state index is 11.6. The van der Waals surface area contributed by atoms with Crippen molar-refractivity contribution in [1.29, 1.82) is 0 Å². The van der Waals surface area contributed by atoms with E-state index < -0.39 is 5.97 Å². The molecule has 2 aliphatic rings. The summed E-state index contributed by atoms with van der Waals surface area (Å²) in [5, 5.41) is 9.51. The molecule has 3 atom stereocenters. The van der Waals surface area contributed by atoms with Crippen molar-refractivity contribution in [2.24, 2.45) is 5.92 Å². The quantitative estimate of drug-likeness (QED) is 0.927. The van der Waals surface area contributed by atoms with Crippen LogP contribution >= 0.6 is 12.4 Å². The summed E-state index contributed by atoms with van der Waals surface area (Å²) in [6, 6.07) is 8.67. The van der Waals surface area contributed by atoms with E-state index in [1.54, 1.807) is 0 Å². The molecule has 2 fully saturated rings. The molecule has 1 N–H and O–H groups in total. The number of hydrogen-bond acceptors (Lipinski definition) is 2. The number of aliphatic carboxylic acids is 1. The second-order valence-electron chi connectivity index (χ2n) is 6.36. The Morgan fingerprint density at radius 1 is 1.24 bits per heavy atom. The van der Waals surface area contributed by atoms with Crippen LogP contribution in [0.25, 0.3) is 0 Å². The van der Waals surface area contributed by atoms with Crippen molar-refractivity contribution in [3.05, 3.63) is 35.4 Å². The molecule has 4 heteroatoms. The number of aryl methyl sites for hydroxylation is 1. The van der Waals surface area contributed by atoms with Crippen molar-refractivity contribution in [2.75, 3.05) is 0 Å². The highest BCUT2D eigenvalue weighted by molar-refractivity contribution is 5.85. The van der Waals surface area contributed by atoms with E-state index >= 15 is 0 Å². The Balaban J connectivity index is 0.00000161. The zero-order chi connectivity index (χ0) is 14.1. The summed E-state index contributed by atoms with van der Waals surface area (Å²) in [6.45, 7) is 2.86. The van der Waals surface area contributed by atoms with E-state index in [0.29, 0.717) is 12.0 Å². The predicted octanol–water partition coefficient (Wildman–Crippen LogP) is 3.63. The number of fused-ring (bicyclic) bond motifs is 1. The van der Waals surface area contributed by atoms with Crippen molar-refractivity contribution >= 4 is 18.4 Å². The third-order valence-electron chi connectivity index (χ3n) is 4.99. The third-order valence-corrected chi connectivity index (χ3v) is 4.99. The van der Waals surface area contributed by atoms with Gasteiger partial charge in [0.15, 0.2) is 0 Å². The van der Waals surface area contributed by atoms with E-state index in [9.17, 15) is 9.90 Å². The van der Waals surface area contributed by atoms with Gasteiger partial charge in [-0.25, -0.2) is 0 Å². The Morgan fingerprint density at radius 2 is 1.90 bits per heavy atom. The Labute approximate surface area is 132 Å². The van der Waals surface area contributed by atoms with Crippen LogP contribution in [-0.2, 0) is 11.3 Å². The molecule has 0 radical (unpaired) electrons. The second kappa shape index (κ2) is 6.80. The molecule has 21 heavy (non-hydrogen) atoms. The van der Waals surface area contributed by atoms with Crippen LogP contribution in [0.3, 0.4) is 0 Å². The Morgan fingerprint density at radius 3 is 2.57 bits per heavy atom. The minimum absolute atomic E-state index is 0. The normalized spacial score (nSPS) is 28.7. The van der Waals surface area contributed by atoms with E-state index in [0.717, 1.165) is 13.0 Å². The third kappa shape index (κ3) is 3.41. The number of benzene rings is 1. The van der Waals surface area contributed by atoms with E-state index in [1.807, 2.05) is 0 Å². The van der Waals surface area contributed by atoms with Crippen LogP contribution < -0.4 is 0 Å². The number of halogens is 1. The number of hydrogen-bond donors (Lipinski definition) is 1. The summed E-state index contributed by atoms with van der Waals surface area (Å²) in [7, 11) is 0. The van der Waals surface area contributed by atoms with Gasteiger partial charge in [0, 0.05) is 12.6 Å². The van der Waals surface area contributed by atoms with Gasteiger partial charge in [0.05, 0.1) is 0 Å². The van der Waals surface area contributed by atoms with Crippen molar-refractivity contribution in [3.63, 3.8) is 0 Å². The molecule has 1 heterocycles. The summed E-state index contributed by atoms with van der Waals surface area (Å²) in [4.78, 5) is 13.8. The van der Waals surface area contributed by atoms with Crippen LogP contribution in [0.1, 0.15) is 43.2 Å². The van der Waals surface area contributed by atoms with Crippen LogP contribution in [0, 0.1) is 12.8 Å². The molecule has 0 spiro atoms. The highest BCUT2D eigenvalue weighted by Gasteiger charge is 2.44. The molecule has 1 saturated heterocycles. The Kier molecular flexibility index (Phi) is 5.28. The second-order valence-corrected chi connectivity index (χ2v) is 6.36. The van der Waals surface area contributed by atoms with Crippen LogP contribution in [-0.4, -0.2) is 28.1 Å². The summed E-state index contributed by atoms with van der Waals surface area (Å²) < 4.78 is 0. The minimum atomic E-state index is -0.647. The first-order valence-corrected chi connectivity index (χ1v) is 7.69. The monoisotopic (exact) mass is 309 g/mol. The zero-order valence-electron chi connectivity index (χ0n) is 12.5. The lowest BCUT2D eigenvalue weighted by atomic mass is 9.84. The lowest BCUT2D eigenvalue weighted by molar-refractivity contribution is -0.142. The van der Waals surface area contributed by atoms with Gasteiger partial charge in [-0.15, -0.1) is 12.4 Å². The maximum Gasteiger partial charge on any atom is 0.320 e. The van der Waals surface area contributed by atoms with Gasteiger partial charge < -0.3 is 5.11 Å². The molecule has 0 bridgehead atoms. The first kappa shape index (κ1) is 16.3. The number of carboxylic acids is 1. The number of carbonyl (C=O) groups is 1. The Hall–Kier alpha value is -1.06. The van der Waals surface area contributed by atoms with Crippen molar-refractivity contribution in [2.45, 2.75) is 57.7 Å². The molecule has 1 aliphatic heterocycles. The minimum Gasteiger partial charge on any atom is -0.480 e. The Bertz CT molecular complexity index is 488. The molecular formula is C17H24ClNO2. The highest BCUT2D eigenvalue weighted by Crippen LogP contribution is 2.40. The van der Waals surface area contributed by atoms with E-state index in [-0.39, 0.29) is 18.4 Å². The van der Waals surface area contributed by atoms with Crippen molar-refractivity contribution < 1.29 is 9.90 Å². The van der Waals surface area contributed by atoms with Gasteiger partial charge >= 0.3 is 5.97 Å². The molecule has 3 unspecified atom stereocenters. The standard InChI is InChI=1S/C17H23NO2.ClH/c1-12-6-8-13(9-7-12)11-18-15-5-3-2-4-14(15)10-16(18)17(19)20;/h6-9,14-16H,2-5,10-11H2,1H3,(H,19,20);1H. The smallest absolute Gasteiger partial charge is 0.320 e. The number of nitrogens with zero attached hydrogens (tertiary/aromatic N) is 1. The largest absolute Gasteiger partial charge is 0.480 e. The fourth-order valence-electron chi connectivity index (χ4n) is 3.93. The van der Waals surface area contributed by atoms with Gasteiger partial charge in [-0.2, -0.15) is 0 Å². The molecular weight excluding hydrogens is 286 g/mol. The van der Waals surface area contributed by atoms with Gasteiger partial charge in [0.2, 0.25) is 0 Å². The average molecular weight is 310 g/mol. The molecule has 0 amide bonds. The van der Waals surface area contributed by atoms with Crippen LogP contribution in [0.2, 0.25) is 0 Å². The molecule has 0 aromatic heterocycles. The van der Waals surface area contributed by atoms with E-state index in [4.69, 9.17) is 0 Å². The number of likely N-dealkylation sites (tertiary alicyclic amines) is 1. The topological polar surface area (TPSA) is 40.5 Å². The molecule has 3 nitrogen and oxygen atoms in total. The lowest BCUT2D eigenvalue weighted by Crippen LogP contribution is -2.41. The summed E-state index contributed by atoms with van der Waals surface area (Å²) in [5.41, 5.74) is 2.48. The summed E-state index contributed by atoms with van der Waals surface area (Å²) in [6.07, 6.45) is 5.73. The first-order chi connectivity index (χ1) is 9.65. The average Bonchev–Trinajstić information content (AvgIpc) is 2.81. The first-order valence-electron chi connectivity index (χ1n) is 7.69. The predicted molar refractivity (Wildman–Crippen MR) is 85.8 cm³/mol. The van der Waals surface area contributed by atoms with Crippen LogP contribution in [0.15, 0.2) is 24.3 Å². The number of rotatable bonds is 3. The van der Waals surface area contributed by atoms with Gasteiger partial charge in [0.25, 0.3) is 0 Å². The summed E-state index contributed by atoms with van der Waals surface area (Å²) in [5.74, 6) is -0.0539. The SMILES string of the molecule is Cc1ccc(CN2C(C(=O)O)CC3CCCCC32)cc1.Cl. The van der Waals surface area contributed by atoms with Gasteiger partial charge in [-0.3, -0.25) is 9.69 Å². The highest BCUT2D eigenvalue weighted by atomic mass is 35.5. The lowest BCUT2D eigenvalue weighted by Gasteiger charge is -2.33. The van der Waals surface area contributed by atoms with Gasteiger partial charge in [0.1, 0.15) is 6.04 Å². The summed E-state index contributed by atoms with van der Waals surface area (Å²) >= 11 is 0. The molecule has 1 aromatic rings. The van der Waals surface area contributed by atoms with E-state index in [1.165, 1.54) is 36.8 Å². The number of carboxylic acid groups (broad SMARTS) is 1. The molecule has 1 aliphatic carbocycles. The van der Waals surface area contributed by atoms with Crippen LogP contribution in [0.4, 0.5) is 0 Å². The van der Waals surface area contributed by atoms with Crippen molar-refractivity contribution in [1.82, 2.24) is 4.90 Å². The fraction of sp³-hybridized carbons (Fsp3) is 0.588. The van der Waals surface area contributed by atoms with Crippen LogP contribution in [0.5, 0.6) is 0 Å². The zero-order valence-corrected chi connectivity index (χ0v) is 13.3. The van der Waals surface area contributed by atoms with E-state index in [2.05, 4.69) is 36.1 Å². The molecule has 1 saturated carbocycles. The maximum absolute atomic E-state index is 11.6. The molecule has 116 valence electrons.